The van der Waals surface area contributed by atoms with Crippen LogP contribution in [0.3, 0.4) is 0 Å². The molecule has 0 saturated carbocycles. The van der Waals surface area contributed by atoms with Crippen LogP contribution in [0.4, 0.5) is 11.4 Å². The smallest absolute Gasteiger partial charge is 0.311 e. The Hall–Kier alpha value is -5.63. The Morgan fingerprint density at radius 1 is 0.682 bits per heavy atom. The van der Waals surface area contributed by atoms with Gasteiger partial charge in [0.1, 0.15) is 5.75 Å². The molecule has 4 aromatic rings. The van der Waals surface area contributed by atoms with Crippen LogP contribution in [-0.4, -0.2) is 29.6 Å². The Bertz CT molecular complexity index is 1920. The number of esters is 1. The summed E-state index contributed by atoms with van der Waals surface area (Å²) in [6.07, 6.45) is 8.97. The van der Waals surface area contributed by atoms with Crippen LogP contribution in [0, 0.1) is 0 Å². The predicted octanol–water partition coefficient (Wildman–Crippen LogP) is 6.88. The fourth-order valence-corrected chi connectivity index (χ4v) is 5.99. The number of anilines is 2. The molecule has 0 fully saturated rings. The molecular formula is C36H26N2O6. The van der Waals surface area contributed by atoms with Gasteiger partial charge in [-0.05, 0) is 84.6 Å². The summed E-state index contributed by atoms with van der Waals surface area (Å²) in [5.41, 5.74) is 3.73. The highest BCUT2D eigenvalue weighted by Gasteiger charge is 2.40. The number of carbonyl (C=O) groups is 5. The van der Waals surface area contributed by atoms with E-state index < -0.39 is 23.6 Å². The number of hydrogen-bond acceptors (Lipinski definition) is 6. The van der Waals surface area contributed by atoms with Gasteiger partial charge in [0.25, 0.3) is 23.6 Å². The van der Waals surface area contributed by atoms with E-state index in [4.69, 9.17) is 4.74 Å². The van der Waals surface area contributed by atoms with Crippen molar-refractivity contribution in [2.24, 2.45) is 0 Å². The first-order valence-electron chi connectivity index (χ1n) is 14.5. The van der Waals surface area contributed by atoms with Gasteiger partial charge in [0.2, 0.25) is 0 Å². The molecule has 8 nitrogen and oxygen atoms in total. The average Bonchev–Trinajstić information content (AvgIpc) is 3.58. The molecule has 44 heavy (non-hydrogen) atoms. The van der Waals surface area contributed by atoms with Crippen LogP contribution in [0.25, 0.3) is 16.3 Å². The number of imide groups is 2. The molecule has 0 bridgehead atoms. The molecule has 0 spiro atoms. The Kier molecular flexibility index (Phi) is 6.54. The van der Waals surface area contributed by atoms with E-state index in [0.717, 1.165) is 40.2 Å². The van der Waals surface area contributed by atoms with Crippen molar-refractivity contribution in [2.45, 2.75) is 32.6 Å². The van der Waals surface area contributed by atoms with Crippen LogP contribution in [0.15, 0.2) is 91.0 Å². The van der Waals surface area contributed by atoms with E-state index in [2.05, 4.69) is 12.2 Å². The van der Waals surface area contributed by atoms with Crippen molar-refractivity contribution in [3.63, 3.8) is 0 Å². The summed E-state index contributed by atoms with van der Waals surface area (Å²) in [7, 11) is 0. The van der Waals surface area contributed by atoms with E-state index in [1.165, 1.54) is 24.3 Å². The van der Waals surface area contributed by atoms with E-state index in [-0.39, 0.29) is 28.2 Å². The lowest BCUT2D eigenvalue weighted by Crippen LogP contribution is -2.43. The van der Waals surface area contributed by atoms with Crippen molar-refractivity contribution in [1.29, 1.82) is 0 Å². The highest BCUT2D eigenvalue weighted by molar-refractivity contribution is 6.42. The maximum Gasteiger partial charge on any atom is 0.311 e. The largest absolute Gasteiger partial charge is 0.427 e. The first kappa shape index (κ1) is 27.2. The SMILES string of the molecule is CCCCC(=O)Oc1ccc(N2C(=O)c3ccc4c5c(ccc(c35)C2=O)C(=O)N(c2ccc(C3=CCC=C3)cc2)C4=O)cc1. The Morgan fingerprint density at radius 2 is 1.16 bits per heavy atom. The van der Waals surface area contributed by atoms with E-state index in [1.807, 2.05) is 25.1 Å². The third-order valence-electron chi connectivity index (χ3n) is 8.19. The quantitative estimate of drug-likeness (QED) is 0.134. The van der Waals surface area contributed by atoms with E-state index >= 15 is 0 Å². The van der Waals surface area contributed by atoms with Crippen molar-refractivity contribution in [2.75, 3.05) is 9.80 Å². The zero-order valence-corrected chi connectivity index (χ0v) is 23.8. The van der Waals surface area contributed by atoms with Crippen LogP contribution in [0.2, 0.25) is 0 Å². The van der Waals surface area contributed by atoms with Crippen LogP contribution in [0.1, 0.15) is 79.6 Å². The molecule has 216 valence electrons. The first-order valence-corrected chi connectivity index (χ1v) is 14.5. The lowest BCUT2D eigenvalue weighted by atomic mass is 9.85. The number of amides is 4. The number of allylic oxidation sites excluding steroid dienone is 4. The molecule has 0 N–H and O–H groups in total. The first-order chi connectivity index (χ1) is 21.4. The van der Waals surface area contributed by atoms with Crippen LogP contribution in [-0.2, 0) is 4.79 Å². The van der Waals surface area contributed by atoms with Crippen molar-refractivity contribution in [3.05, 3.63) is 119 Å². The Labute approximate surface area is 252 Å². The third kappa shape index (κ3) is 4.26. The Balaban J connectivity index is 1.22. The molecule has 8 heteroatoms. The summed E-state index contributed by atoms with van der Waals surface area (Å²) in [5.74, 6) is -2.23. The van der Waals surface area contributed by atoms with Crippen molar-refractivity contribution in [3.8, 4) is 5.75 Å². The summed E-state index contributed by atoms with van der Waals surface area (Å²) in [6.45, 7) is 1.98. The highest BCUT2D eigenvalue weighted by Crippen LogP contribution is 2.40. The molecule has 4 aromatic carbocycles. The lowest BCUT2D eigenvalue weighted by molar-refractivity contribution is -0.134. The number of rotatable bonds is 7. The number of carbonyl (C=O) groups excluding carboxylic acids is 5. The van der Waals surface area contributed by atoms with E-state index in [9.17, 15) is 24.0 Å². The molecule has 7 rings (SSSR count). The summed E-state index contributed by atoms with van der Waals surface area (Å²) in [6, 6.07) is 19.6. The highest BCUT2D eigenvalue weighted by atomic mass is 16.5. The minimum atomic E-state index is -0.577. The molecule has 0 atom stereocenters. The monoisotopic (exact) mass is 582 g/mol. The molecule has 1 aliphatic carbocycles. The average molecular weight is 583 g/mol. The molecule has 3 aliphatic rings. The third-order valence-corrected chi connectivity index (χ3v) is 8.19. The van der Waals surface area contributed by atoms with Crippen molar-refractivity contribution >= 4 is 57.3 Å². The minimum absolute atomic E-state index is 0.214. The van der Waals surface area contributed by atoms with Gasteiger partial charge in [-0.1, -0.05) is 43.7 Å². The normalized spacial score (nSPS) is 15.3. The molecule has 2 heterocycles. The minimum Gasteiger partial charge on any atom is -0.427 e. The summed E-state index contributed by atoms with van der Waals surface area (Å²) in [4.78, 5) is 69.2. The topological polar surface area (TPSA) is 101 Å². The Morgan fingerprint density at radius 3 is 1.59 bits per heavy atom. The van der Waals surface area contributed by atoms with Gasteiger partial charge in [0.15, 0.2) is 0 Å². The van der Waals surface area contributed by atoms with Gasteiger partial charge in [-0.3, -0.25) is 24.0 Å². The number of nitrogens with zero attached hydrogens (tertiary/aromatic N) is 2. The molecule has 2 aliphatic heterocycles. The van der Waals surface area contributed by atoms with E-state index in [0.29, 0.717) is 34.3 Å². The van der Waals surface area contributed by atoms with Gasteiger partial charge in [-0.2, -0.15) is 0 Å². The zero-order valence-electron chi connectivity index (χ0n) is 23.8. The van der Waals surface area contributed by atoms with Crippen molar-refractivity contribution in [1.82, 2.24) is 0 Å². The number of hydrogen-bond donors (Lipinski definition) is 0. The molecule has 0 radical (unpaired) electrons. The summed E-state index contributed by atoms with van der Waals surface area (Å²) >= 11 is 0. The second-order valence-corrected chi connectivity index (χ2v) is 10.9. The van der Waals surface area contributed by atoms with E-state index in [1.54, 1.807) is 36.4 Å². The molecular weight excluding hydrogens is 556 g/mol. The van der Waals surface area contributed by atoms with Gasteiger partial charge in [0, 0.05) is 39.4 Å². The molecule has 4 amide bonds. The van der Waals surface area contributed by atoms with Gasteiger partial charge in [-0.25, -0.2) is 9.80 Å². The molecule has 0 unspecified atom stereocenters. The summed E-state index contributed by atoms with van der Waals surface area (Å²) < 4.78 is 5.35. The van der Waals surface area contributed by atoms with Gasteiger partial charge in [0.05, 0.1) is 11.4 Å². The maximum atomic E-state index is 13.8. The van der Waals surface area contributed by atoms with Crippen molar-refractivity contribution < 1.29 is 28.7 Å². The van der Waals surface area contributed by atoms with Crippen LogP contribution >= 0.6 is 0 Å². The van der Waals surface area contributed by atoms with Crippen LogP contribution in [0.5, 0.6) is 5.75 Å². The number of benzene rings is 4. The fraction of sp³-hybridized carbons (Fsp3) is 0.139. The zero-order chi connectivity index (χ0) is 30.5. The van der Waals surface area contributed by atoms with Gasteiger partial charge in [-0.15, -0.1) is 0 Å². The molecule has 0 aromatic heterocycles. The second kappa shape index (κ2) is 10.6. The predicted molar refractivity (Wildman–Crippen MR) is 166 cm³/mol. The van der Waals surface area contributed by atoms with Gasteiger partial charge >= 0.3 is 5.97 Å². The van der Waals surface area contributed by atoms with Gasteiger partial charge < -0.3 is 4.74 Å². The maximum absolute atomic E-state index is 13.8. The standard InChI is InChI=1S/C36H26N2O6/c1-2-3-8-30(39)44-25-15-13-24(14-16-25)38-35(42)28-19-17-26-31-27(18-20-29(32(28)31)36(38)43)34(41)37(33(26)40)23-11-9-22(10-12-23)21-6-4-5-7-21/h4,6-7,9-20H,2-3,5,8H2,1H3. The fourth-order valence-electron chi connectivity index (χ4n) is 5.99. The summed E-state index contributed by atoms with van der Waals surface area (Å²) in [5, 5.41) is 0.601. The molecule has 0 saturated heterocycles. The second-order valence-electron chi connectivity index (χ2n) is 10.9. The lowest BCUT2D eigenvalue weighted by Gasteiger charge is -2.32. The number of unbranched alkanes of at least 4 members (excludes halogenated alkanes) is 1. The van der Waals surface area contributed by atoms with Crippen LogP contribution < -0.4 is 14.5 Å². The number of ether oxygens (including phenoxy) is 1.